The number of nitrogens with zero attached hydrogens (tertiary/aromatic N) is 2. The van der Waals surface area contributed by atoms with Crippen molar-refractivity contribution in [1.82, 2.24) is 10.2 Å². The first-order valence-corrected chi connectivity index (χ1v) is 13.2. The molecule has 3 aromatic rings. The maximum atomic E-state index is 13.7. The van der Waals surface area contributed by atoms with Gasteiger partial charge < -0.3 is 5.32 Å². The molecule has 0 spiro atoms. The number of benzene rings is 3. The maximum Gasteiger partial charge on any atom is 0.264 e. The second-order valence-corrected chi connectivity index (χ2v) is 10.8. The summed E-state index contributed by atoms with van der Waals surface area (Å²) in [6.45, 7) is 2.85. The average molecular weight is 516 g/mol. The number of rotatable bonds is 9. The summed E-state index contributed by atoms with van der Waals surface area (Å²) < 4.78 is 41.4. The Morgan fingerprint density at radius 3 is 2.40 bits per heavy atom. The minimum atomic E-state index is -4.10. The molecule has 1 aliphatic heterocycles. The number of sulfonamides is 1. The normalized spacial score (nSPS) is 14.1. The summed E-state index contributed by atoms with van der Waals surface area (Å²) in [5.74, 6) is -1.17. The first-order valence-electron chi connectivity index (χ1n) is 11.4. The van der Waals surface area contributed by atoms with E-state index in [0.29, 0.717) is 0 Å². The molecule has 0 saturated carbocycles. The molecule has 6 nitrogen and oxygen atoms in total. The monoisotopic (exact) mass is 515 g/mol. The third-order valence-electron chi connectivity index (χ3n) is 5.90. The van der Waals surface area contributed by atoms with E-state index in [1.165, 1.54) is 42.7 Å². The molecule has 0 aromatic heterocycles. The van der Waals surface area contributed by atoms with Crippen molar-refractivity contribution in [2.75, 3.05) is 23.9 Å². The molecule has 0 radical (unpaired) electrons. The molecule has 35 heavy (non-hydrogen) atoms. The zero-order valence-electron chi connectivity index (χ0n) is 19.2. The van der Waals surface area contributed by atoms with Gasteiger partial charge in [0, 0.05) is 13.1 Å². The van der Waals surface area contributed by atoms with Crippen LogP contribution in [0.5, 0.6) is 0 Å². The van der Waals surface area contributed by atoms with Crippen LogP contribution in [-0.2, 0) is 27.9 Å². The molecule has 1 heterocycles. The lowest BCUT2D eigenvalue weighted by molar-refractivity contribution is -0.119. The van der Waals surface area contributed by atoms with Gasteiger partial charge in [0.05, 0.1) is 15.6 Å². The van der Waals surface area contributed by atoms with E-state index in [1.807, 2.05) is 12.1 Å². The molecule has 0 aliphatic carbocycles. The van der Waals surface area contributed by atoms with Gasteiger partial charge in [0.1, 0.15) is 12.4 Å². The number of hydrogen-bond acceptors (Lipinski definition) is 4. The van der Waals surface area contributed by atoms with Gasteiger partial charge in [-0.2, -0.15) is 0 Å². The number of carbonyl (C=O) groups excluding carboxylic acids is 1. The van der Waals surface area contributed by atoms with Crippen molar-refractivity contribution < 1.29 is 17.6 Å². The van der Waals surface area contributed by atoms with Crippen molar-refractivity contribution in [3.8, 4) is 0 Å². The predicted octanol–water partition coefficient (Wildman–Crippen LogP) is 4.59. The number of halogens is 2. The van der Waals surface area contributed by atoms with Crippen molar-refractivity contribution in [2.24, 2.45) is 0 Å². The van der Waals surface area contributed by atoms with Gasteiger partial charge in [0.15, 0.2) is 0 Å². The first-order chi connectivity index (χ1) is 16.8. The van der Waals surface area contributed by atoms with Crippen LogP contribution < -0.4 is 9.62 Å². The molecule has 1 amide bonds. The Labute approximate surface area is 210 Å². The van der Waals surface area contributed by atoms with Crippen LogP contribution in [0.15, 0.2) is 77.7 Å². The van der Waals surface area contributed by atoms with Crippen LogP contribution in [0.1, 0.15) is 24.0 Å². The highest BCUT2D eigenvalue weighted by Crippen LogP contribution is 2.27. The lowest BCUT2D eigenvalue weighted by Crippen LogP contribution is -2.40. The van der Waals surface area contributed by atoms with Crippen molar-refractivity contribution in [1.29, 1.82) is 0 Å². The van der Waals surface area contributed by atoms with Gasteiger partial charge in [-0.15, -0.1) is 0 Å². The molecule has 3 aromatic carbocycles. The fourth-order valence-corrected chi connectivity index (χ4v) is 5.71. The van der Waals surface area contributed by atoms with Gasteiger partial charge in [-0.25, -0.2) is 12.8 Å². The Morgan fingerprint density at radius 1 is 0.971 bits per heavy atom. The molecule has 1 fully saturated rings. The fraction of sp³-hybridized carbons (Fsp3) is 0.269. The Kier molecular flexibility index (Phi) is 8.05. The van der Waals surface area contributed by atoms with Crippen LogP contribution in [0.3, 0.4) is 0 Å². The average Bonchev–Trinajstić information content (AvgIpc) is 3.37. The fourth-order valence-electron chi connectivity index (χ4n) is 4.10. The molecule has 1 saturated heterocycles. The maximum absolute atomic E-state index is 13.7. The smallest absolute Gasteiger partial charge is 0.264 e. The SMILES string of the molecule is O=C(CN(c1ccc(F)c(Cl)c1)S(=O)(=O)c1ccccc1)NCc1cccc(CN2CCCC2)c1. The molecule has 4 rings (SSSR count). The summed E-state index contributed by atoms with van der Waals surface area (Å²) in [5, 5.41) is 2.57. The summed E-state index contributed by atoms with van der Waals surface area (Å²) in [5.41, 5.74) is 2.20. The highest BCUT2D eigenvalue weighted by Gasteiger charge is 2.27. The molecular weight excluding hydrogens is 489 g/mol. The van der Waals surface area contributed by atoms with E-state index in [9.17, 15) is 17.6 Å². The van der Waals surface area contributed by atoms with Gasteiger partial charge in [-0.3, -0.25) is 14.0 Å². The van der Waals surface area contributed by atoms with Crippen molar-refractivity contribution in [3.63, 3.8) is 0 Å². The Balaban J connectivity index is 1.49. The Hall–Kier alpha value is -2.94. The minimum Gasteiger partial charge on any atom is -0.350 e. The number of amides is 1. The number of carbonyl (C=O) groups is 1. The third kappa shape index (κ3) is 6.39. The largest absolute Gasteiger partial charge is 0.350 e. The molecule has 1 aliphatic rings. The van der Waals surface area contributed by atoms with Gasteiger partial charge in [-0.1, -0.05) is 54.1 Å². The first kappa shape index (κ1) is 25.2. The lowest BCUT2D eigenvalue weighted by Gasteiger charge is -2.24. The van der Waals surface area contributed by atoms with Gasteiger partial charge >= 0.3 is 0 Å². The molecule has 0 atom stereocenters. The number of hydrogen-bond donors (Lipinski definition) is 1. The Bertz CT molecular complexity index is 1280. The quantitative estimate of drug-likeness (QED) is 0.452. The summed E-state index contributed by atoms with van der Waals surface area (Å²) >= 11 is 5.91. The molecule has 0 unspecified atom stereocenters. The highest BCUT2D eigenvalue weighted by atomic mass is 35.5. The third-order valence-corrected chi connectivity index (χ3v) is 7.97. The van der Waals surface area contributed by atoms with Gasteiger partial charge in [0.2, 0.25) is 5.91 Å². The van der Waals surface area contributed by atoms with Crippen LogP contribution in [0.4, 0.5) is 10.1 Å². The van der Waals surface area contributed by atoms with E-state index in [2.05, 4.69) is 22.3 Å². The predicted molar refractivity (Wildman–Crippen MR) is 135 cm³/mol. The number of likely N-dealkylation sites (tertiary alicyclic amines) is 1. The molecule has 1 N–H and O–H groups in total. The van der Waals surface area contributed by atoms with Crippen molar-refractivity contribution in [3.05, 3.63) is 94.8 Å². The lowest BCUT2D eigenvalue weighted by atomic mass is 10.1. The summed E-state index contributed by atoms with van der Waals surface area (Å²) in [4.78, 5) is 15.3. The minimum absolute atomic E-state index is 0.0165. The van der Waals surface area contributed by atoms with E-state index in [0.717, 1.165) is 35.6 Å². The molecule has 9 heteroatoms. The molecular formula is C26H27ClFN3O3S. The van der Waals surface area contributed by atoms with Crippen LogP contribution >= 0.6 is 11.6 Å². The summed E-state index contributed by atoms with van der Waals surface area (Å²) in [6.07, 6.45) is 2.44. The zero-order valence-corrected chi connectivity index (χ0v) is 20.7. The van der Waals surface area contributed by atoms with E-state index in [-0.39, 0.29) is 22.2 Å². The standard InChI is InChI=1S/C26H27ClFN3O3S/c27-24-16-22(11-12-25(24)28)31(35(33,34)23-9-2-1-3-10-23)19-26(32)29-17-20-7-6-8-21(15-20)18-30-13-4-5-14-30/h1-3,6-12,15-16H,4-5,13-14,17-19H2,(H,29,32). The zero-order chi connectivity index (χ0) is 24.8. The Morgan fingerprint density at radius 2 is 1.69 bits per heavy atom. The number of anilines is 1. The second kappa shape index (κ2) is 11.2. The van der Waals surface area contributed by atoms with Gasteiger partial charge in [0.25, 0.3) is 10.0 Å². The van der Waals surface area contributed by atoms with E-state index in [1.54, 1.807) is 18.2 Å². The van der Waals surface area contributed by atoms with E-state index < -0.39 is 28.3 Å². The molecule has 0 bridgehead atoms. The van der Waals surface area contributed by atoms with Crippen LogP contribution in [0.25, 0.3) is 0 Å². The van der Waals surface area contributed by atoms with E-state index >= 15 is 0 Å². The van der Waals surface area contributed by atoms with Gasteiger partial charge in [-0.05, 0) is 67.4 Å². The highest BCUT2D eigenvalue weighted by molar-refractivity contribution is 7.92. The summed E-state index contributed by atoms with van der Waals surface area (Å²) in [7, 11) is -4.10. The van der Waals surface area contributed by atoms with E-state index in [4.69, 9.17) is 11.6 Å². The van der Waals surface area contributed by atoms with Crippen LogP contribution in [0.2, 0.25) is 5.02 Å². The van der Waals surface area contributed by atoms with Crippen LogP contribution in [0, 0.1) is 5.82 Å². The van der Waals surface area contributed by atoms with Crippen molar-refractivity contribution in [2.45, 2.75) is 30.8 Å². The second-order valence-electron chi connectivity index (χ2n) is 8.50. The van der Waals surface area contributed by atoms with Crippen LogP contribution in [-0.4, -0.2) is 38.9 Å². The summed E-state index contributed by atoms with van der Waals surface area (Å²) in [6, 6.07) is 19.3. The molecule has 184 valence electrons. The topological polar surface area (TPSA) is 69.7 Å². The number of nitrogens with one attached hydrogen (secondary N) is 1. The van der Waals surface area contributed by atoms with Crippen molar-refractivity contribution >= 4 is 33.2 Å².